The smallest absolute Gasteiger partial charge is 0.341 e. The molecule has 0 bridgehead atoms. The molecule has 1 aliphatic carbocycles. The summed E-state index contributed by atoms with van der Waals surface area (Å²) in [6.45, 7) is 7.44. The van der Waals surface area contributed by atoms with Crippen LogP contribution in [0.2, 0.25) is 10.0 Å². The number of thiophene rings is 1. The number of fused-ring (bicyclic) bond motifs is 1. The molecule has 1 atom stereocenters. The van der Waals surface area contributed by atoms with Crippen LogP contribution in [0.4, 0.5) is 5.00 Å². The molecule has 1 aromatic carbocycles. The fourth-order valence-corrected chi connectivity index (χ4v) is 6.00. The second-order valence-electron chi connectivity index (χ2n) is 8.52. The average molecular weight is 507 g/mol. The minimum absolute atomic E-state index is 0.216. The minimum atomic E-state index is -0.454. The van der Waals surface area contributed by atoms with E-state index in [1.165, 1.54) is 11.3 Å². The second kappa shape index (κ2) is 9.49. The zero-order valence-corrected chi connectivity index (χ0v) is 21.1. The number of carbonyl (C=O) groups is 2. The molecule has 0 saturated heterocycles. The van der Waals surface area contributed by atoms with Crippen molar-refractivity contribution in [2.45, 2.75) is 53.1 Å². The molecule has 0 fully saturated rings. The summed E-state index contributed by atoms with van der Waals surface area (Å²) in [5, 5.41) is 8.15. The first-order chi connectivity index (χ1) is 15.7. The number of halogens is 2. The highest BCUT2D eigenvalue weighted by Gasteiger charge is 2.31. The van der Waals surface area contributed by atoms with Crippen LogP contribution in [0.25, 0.3) is 11.3 Å². The molecule has 2 heterocycles. The average Bonchev–Trinajstić information content (AvgIpc) is 3.27. The maximum absolute atomic E-state index is 13.4. The maximum atomic E-state index is 13.4. The van der Waals surface area contributed by atoms with Crippen molar-refractivity contribution in [2.24, 2.45) is 5.92 Å². The van der Waals surface area contributed by atoms with Crippen molar-refractivity contribution < 1.29 is 18.8 Å². The lowest BCUT2D eigenvalue weighted by Gasteiger charge is -2.18. The van der Waals surface area contributed by atoms with Gasteiger partial charge in [-0.2, -0.15) is 0 Å². The normalized spacial score (nSPS) is 15.4. The number of hydrogen-bond acceptors (Lipinski definition) is 6. The van der Waals surface area contributed by atoms with Crippen LogP contribution < -0.4 is 5.32 Å². The number of nitrogens with one attached hydrogen (secondary N) is 1. The number of esters is 1. The van der Waals surface area contributed by atoms with Gasteiger partial charge in [0.25, 0.3) is 5.91 Å². The van der Waals surface area contributed by atoms with Gasteiger partial charge in [-0.05, 0) is 63.6 Å². The zero-order valence-electron chi connectivity index (χ0n) is 18.8. The van der Waals surface area contributed by atoms with E-state index in [0.717, 1.165) is 29.7 Å². The topological polar surface area (TPSA) is 81.4 Å². The molecule has 0 saturated carbocycles. The van der Waals surface area contributed by atoms with Crippen molar-refractivity contribution in [1.29, 1.82) is 0 Å². The minimum Gasteiger partial charge on any atom is -0.459 e. The van der Waals surface area contributed by atoms with E-state index in [9.17, 15) is 9.59 Å². The lowest BCUT2D eigenvalue weighted by Crippen LogP contribution is -2.19. The van der Waals surface area contributed by atoms with Crippen molar-refractivity contribution in [3.63, 3.8) is 0 Å². The molecule has 1 amide bonds. The van der Waals surface area contributed by atoms with Crippen LogP contribution in [0, 0.1) is 12.8 Å². The van der Waals surface area contributed by atoms with Crippen molar-refractivity contribution in [2.75, 3.05) is 5.32 Å². The number of anilines is 1. The number of aryl methyl sites for hydroxylation is 1. The van der Waals surface area contributed by atoms with E-state index in [1.54, 1.807) is 39.0 Å². The Morgan fingerprint density at radius 3 is 2.61 bits per heavy atom. The van der Waals surface area contributed by atoms with Crippen LogP contribution in [0.3, 0.4) is 0 Å². The third kappa shape index (κ3) is 4.67. The van der Waals surface area contributed by atoms with Gasteiger partial charge in [0, 0.05) is 10.4 Å². The van der Waals surface area contributed by atoms with Gasteiger partial charge in [0.15, 0.2) is 0 Å². The summed E-state index contributed by atoms with van der Waals surface area (Å²) < 4.78 is 10.8. The summed E-state index contributed by atoms with van der Waals surface area (Å²) in [7, 11) is 0. The number of rotatable bonds is 5. The Kier molecular flexibility index (Phi) is 6.84. The molecule has 1 N–H and O–H groups in total. The van der Waals surface area contributed by atoms with Gasteiger partial charge in [-0.1, -0.05) is 41.3 Å². The molecule has 1 unspecified atom stereocenters. The van der Waals surface area contributed by atoms with Gasteiger partial charge in [0.1, 0.15) is 22.0 Å². The number of aromatic nitrogens is 1. The van der Waals surface area contributed by atoms with E-state index in [4.69, 9.17) is 32.5 Å². The molecule has 0 radical (unpaired) electrons. The third-order valence-corrected chi connectivity index (χ3v) is 7.37. The molecule has 0 spiro atoms. The molecule has 0 aliphatic heterocycles. The highest BCUT2D eigenvalue weighted by atomic mass is 35.5. The van der Waals surface area contributed by atoms with Crippen LogP contribution in [-0.2, 0) is 17.6 Å². The molecule has 1 aliphatic rings. The number of benzene rings is 1. The summed E-state index contributed by atoms with van der Waals surface area (Å²) in [4.78, 5) is 27.5. The highest BCUT2D eigenvalue weighted by molar-refractivity contribution is 7.17. The predicted octanol–water partition coefficient (Wildman–Crippen LogP) is 6.96. The summed E-state index contributed by atoms with van der Waals surface area (Å²) in [5.41, 5.74) is 2.29. The zero-order chi connectivity index (χ0) is 23.9. The first-order valence-corrected chi connectivity index (χ1v) is 12.3. The molecular formula is C24H24Cl2N2O4S. The first kappa shape index (κ1) is 23.8. The van der Waals surface area contributed by atoms with Crippen LogP contribution in [-0.4, -0.2) is 23.1 Å². The van der Waals surface area contributed by atoms with Crippen molar-refractivity contribution >= 4 is 51.4 Å². The lowest BCUT2D eigenvalue weighted by molar-refractivity contribution is 0.0378. The molecule has 4 rings (SSSR count). The van der Waals surface area contributed by atoms with Crippen molar-refractivity contribution in [3.05, 3.63) is 55.6 Å². The summed E-state index contributed by atoms with van der Waals surface area (Å²) >= 11 is 14.1. The molecule has 3 aromatic rings. The Balaban J connectivity index is 1.75. The van der Waals surface area contributed by atoms with Crippen LogP contribution >= 0.6 is 34.5 Å². The number of hydrogen-bond donors (Lipinski definition) is 1. The van der Waals surface area contributed by atoms with Crippen molar-refractivity contribution in [1.82, 2.24) is 5.16 Å². The van der Waals surface area contributed by atoms with Crippen molar-refractivity contribution in [3.8, 4) is 11.3 Å². The van der Waals surface area contributed by atoms with Gasteiger partial charge < -0.3 is 14.6 Å². The predicted molar refractivity (Wildman–Crippen MR) is 131 cm³/mol. The van der Waals surface area contributed by atoms with E-state index >= 15 is 0 Å². The van der Waals surface area contributed by atoms with Crippen LogP contribution in [0.5, 0.6) is 0 Å². The van der Waals surface area contributed by atoms with E-state index in [-0.39, 0.29) is 17.4 Å². The number of ether oxygens (including phenoxy) is 1. The second-order valence-corrected chi connectivity index (χ2v) is 10.4. The molecule has 174 valence electrons. The fraction of sp³-hybridized carbons (Fsp3) is 0.375. The Bertz CT molecular complexity index is 1210. The van der Waals surface area contributed by atoms with Gasteiger partial charge in [-0.3, -0.25) is 4.79 Å². The quantitative estimate of drug-likeness (QED) is 0.378. The van der Waals surface area contributed by atoms with Crippen LogP contribution in [0.1, 0.15) is 64.1 Å². The van der Waals surface area contributed by atoms with E-state index in [1.807, 2.05) is 0 Å². The molecule has 2 aromatic heterocycles. The Labute approximate surface area is 206 Å². The maximum Gasteiger partial charge on any atom is 0.341 e. The summed E-state index contributed by atoms with van der Waals surface area (Å²) in [5.74, 6) is -0.0450. The Morgan fingerprint density at radius 2 is 1.94 bits per heavy atom. The SMILES string of the molecule is Cc1onc(-c2c(Cl)cccc2Cl)c1C(=O)Nc1sc2c(c1C(=O)OC(C)C)CCC(C)C2. The summed E-state index contributed by atoms with van der Waals surface area (Å²) in [6.07, 6.45) is 2.36. The largest absolute Gasteiger partial charge is 0.459 e. The number of carbonyl (C=O) groups excluding carboxylic acids is 2. The number of nitrogens with zero attached hydrogens (tertiary/aromatic N) is 1. The van der Waals surface area contributed by atoms with E-state index in [2.05, 4.69) is 17.4 Å². The molecule has 9 heteroatoms. The van der Waals surface area contributed by atoms with E-state index < -0.39 is 11.9 Å². The van der Waals surface area contributed by atoms with Crippen LogP contribution in [0.15, 0.2) is 22.7 Å². The molecular weight excluding hydrogens is 483 g/mol. The number of amides is 1. The van der Waals surface area contributed by atoms with E-state index in [0.29, 0.717) is 37.9 Å². The van der Waals surface area contributed by atoms with Gasteiger partial charge in [-0.25, -0.2) is 4.79 Å². The Hall–Kier alpha value is -2.35. The molecule has 6 nitrogen and oxygen atoms in total. The van der Waals surface area contributed by atoms with Gasteiger partial charge in [0.2, 0.25) is 0 Å². The summed E-state index contributed by atoms with van der Waals surface area (Å²) in [6, 6.07) is 5.05. The third-order valence-electron chi connectivity index (χ3n) is 5.57. The van der Waals surface area contributed by atoms with Gasteiger partial charge in [-0.15, -0.1) is 11.3 Å². The monoisotopic (exact) mass is 506 g/mol. The van der Waals surface area contributed by atoms with Gasteiger partial charge >= 0.3 is 5.97 Å². The standard InChI is InChI=1S/C24H24Cl2N2O4S/c1-11(2)31-24(30)19-14-9-8-12(3)10-17(14)33-23(19)27-22(29)18-13(4)32-28-21(18)20-15(25)6-5-7-16(20)26/h5-7,11-12H,8-10H2,1-4H3,(H,27,29). The fourth-order valence-electron chi connectivity index (χ4n) is 4.03. The lowest BCUT2D eigenvalue weighted by atomic mass is 9.88. The molecule has 33 heavy (non-hydrogen) atoms. The highest BCUT2D eigenvalue weighted by Crippen LogP contribution is 2.41. The first-order valence-electron chi connectivity index (χ1n) is 10.7. The van der Waals surface area contributed by atoms with Gasteiger partial charge in [0.05, 0.1) is 21.7 Å². The Morgan fingerprint density at radius 1 is 1.24 bits per heavy atom.